The summed E-state index contributed by atoms with van der Waals surface area (Å²) in [7, 11) is -1.07. The summed E-state index contributed by atoms with van der Waals surface area (Å²) in [5.41, 5.74) is 0. The van der Waals surface area contributed by atoms with Gasteiger partial charge in [-0.05, 0) is 43.0 Å². The van der Waals surface area contributed by atoms with E-state index in [1.807, 2.05) is 0 Å². The second-order valence-electron chi connectivity index (χ2n) is 5.02. The lowest BCUT2D eigenvalue weighted by Crippen LogP contribution is -2.40. The fraction of sp³-hybridized carbons (Fsp3) is 0.500. The SMILES string of the molecule is C=S(=O)(c1ccc(OC(F)(F)F)cc1)N1CCC(OC)CC1. The van der Waals surface area contributed by atoms with Gasteiger partial charge in [-0.25, -0.2) is 8.51 Å². The van der Waals surface area contributed by atoms with Gasteiger partial charge in [0.1, 0.15) is 5.75 Å². The van der Waals surface area contributed by atoms with E-state index < -0.39 is 16.1 Å². The minimum absolute atomic E-state index is 0.147. The van der Waals surface area contributed by atoms with Gasteiger partial charge in [0.25, 0.3) is 0 Å². The van der Waals surface area contributed by atoms with Gasteiger partial charge in [0.15, 0.2) is 0 Å². The van der Waals surface area contributed by atoms with Gasteiger partial charge < -0.3 is 9.47 Å². The molecule has 0 bridgehead atoms. The molecule has 1 unspecified atom stereocenters. The molecule has 0 saturated carbocycles. The molecule has 0 spiro atoms. The van der Waals surface area contributed by atoms with E-state index in [-0.39, 0.29) is 11.9 Å². The number of ether oxygens (including phenoxy) is 2. The number of nitrogens with zero attached hydrogens (tertiary/aromatic N) is 1. The molecule has 1 atom stereocenters. The van der Waals surface area contributed by atoms with Gasteiger partial charge in [0, 0.05) is 25.1 Å². The van der Waals surface area contributed by atoms with E-state index in [0.717, 1.165) is 25.0 Å². The van der Waals surface area contributed by atoms with Crippen molar-refractivity contribution in [1.82, 2.24) is 4.31 Å². The molecular formula is C14H18F3NO3S. The molecule has 1 aromatic rings. The number of benzene rings is 1. The lowest BCUT2D eigenvalue weighted by Gasteiger charge is -2.33. The first-order chi connectivity index (χ1) is 10.2. The molecule has 1 aliphatic heterocycles. The largest absolute Gasteiger partial charge is 0.573 e. The predicted octanol–water partition coefficient (Wildman–Crippen LogP) is 2.69. The molecule has 22 heavy (non-hydrogen) atoms. The lowest BCUT2D eigenvalue weighted by molar-refractivity contribution is -0.274. The number of halogens is 3. The summed E-state index contributed by atoms with van der Waals surface area (Å²) in [5.74, 6) is 3.43. The van der Waals surface area contributed by atoms with Gasteiger partial charge in [-0.15, -0.1) is 13.2 Å². The molecular weight excluding hydrogens is 319 g/mol. The molecule has 0 amide bonds. The van der Waals surface area contributed by atoms with Crippen LogP contribution in [0.4, 0.5) is 13.2 Å². The molecule has 124 valence electrons. The average molecular weight is 337 g/mol. The highest BCUT2D eigenvalue weighted by molar-refractivity contribution is 7.98. The minimum atomic E-state index is -4.74. The third kappa shape index (κ3) is 4.15. The van der Waals surface area contributed by atoms with Crippen LogP contribution < -0.4 is 4.74 Å². The third-order valence-corrected chi connectivity index (χ3v) is 5.79. The van der Waals surface area contributed by atoms with Crippen LogP contribution >= 0.6 is 0 Å². The van der Waals surface area contributed by atoms with Crippen LogP contribution in [0.25, 0.3) is 0 Å². The second kappa shape index (κ2) is 6.47. The Morgan fingerprint density at radius 1 is 1.23 bits per heavy atom. The first-order valence-electron chi connectivity index (χ1n) is 6.73. The van der Waals surface area contributed by atoms with E-state index in [9.17, 15) is 17.4 Å². The van der Waals surface area contributed by atoms with E-state index in [2.05, 4.69) is 10.6 Å². The number of piperidine rings is 1. The maximum atomic E-state index is 12.8. The smallest absolute Gasteiger partial charge is 0.406 e. The standard InChI is InChI=1S/C14H18F3NO3S/c1-20-11-7-9-18(10-8-11)22(2,19)13-5-3-12(4-6-13)21-14(15,16)17/h3-6,11H,2,7-10H2,1H3. The summed E-state index contributed by atoms with van der Waals surface area (Å²) in [6.07, 6.45) is -3.10. The molecule has 0 radical (unpaired) electrons. The Balaban J connectivity index is 2.10. The van der Waals surface area contributed by atoms with Crippen LogP contribution in [0.15, 0.2) is 29.2 Å². The van der Waals surface area contributed by atoms with Gasteiger partial charge in [-0.3, -0.25) is 0 Å². The maximum Gasteiger partial charge on any atom is 0.573 e. The average Bonchev–Trinajstić information content (AvgIpc) is 2.46. The van der Waals surface area contributed by atoms with Crippen LogP contribution in [0, 0.1) is 0 Å². The Hall–Kier alpha value is -1.25. The third-order valence-electron chi connectivity index (χ3n) is 3.58. The maximum absolute atomic E-state index is 12.8. The summed E-state index contributed by atoms with van der Waals surface area (Å²) in [6.45, 7) is 1.14. The minimum Gasteiger partial charge on any atom is -0.406 e. The summed E-state index contributed by atoms with van der Waals surface area (Å²) < 4.78 is 60.0. The van der Waals surface area contributed by atoms with Gasteiger partial charge in [-0.1, -0.05) is 0 Å². The molecule has 0 aliphatic carbocycles. The summed E-state index contributed by atoms with van der Waals surface area (Å²) in [4.78, 5) is 0.387. The molecule has 1 fully saturated rings. The molecule has 2 rings (SSSR count). The Bertz CT molecular complexity index is 591. The van der Waals surface area contributed by atoms with Crippen LogP contribution in [0.5, 0.6) is 5.75 Å². The quantitative estimate of drug-likeness (QED) is 0.793. The molecule has 1 aliphatic rings. The van der Waals surface area contributed by atoms with Crippen molar-refractivity contribution in [2.45, 2.75) is 30.2 Å². The highest BCUT2D eigenvalue weighted by Gasteiger charge is 2.31. The van der Waals surface area contributed by atoms with Gasteiger partial charge >= 0.3 is 6.36 Å². The van der Waals surface area contributed by atoms with Crippen molar-refractivity contribution in [2.24, 2.45) is 0 Å². The fourth-order valence-electron chi connectivity index (χ4n) is 2.37. The van der Waals surface area contributed by atoms with Gasteiger partial charge in [0.05, 0.1) is 15.8 Å². The fourth-order valence-corrected chi connectivity index (χ4v) is 4.03. The van der Waals surface area contributed by atoms with Crippen molar-refractivity contribution in [3.8, 4) is 5.75 Å². The van der Waals surface area contributed by atoms with Crippen molar-refractivity contribution < 1.29 is 26.9 Å². The van der Waals surface area contributed by atoms with Crippen molar-refractivity contribution >= 4 is 15.6 Å². The Kier molecular flexibility index (Phi) is 5.03. The van der Waals surface area contributed by atoms with Crippen LogP contribution in [0.2, 0.25) is 0 Å². The van der Waals surface area contributed by atoms with Crippen LogP contribution in [0.1, 0.15) is 12.8 Å². The zero-order valence-electron chi connectivity index (χ0n) is 12.1. The highest BCUT2D eigenvalue weighted by atomic mass is 32.2. The Morgan fingerprint density at radius 2 is 1.77 bits per heavy atom. The normalized spacial score (nSPS) is 20.5. The number of hydrogen-bond acceptors (Lipinski definition) is 3. The van der Waals surface area contributed by atoms with E-state index in [1.165, 1.54) is 12.1 Å². The van der Waals surface area contributed by atoms with Crippen LogP contribution in [0.3, 0.4) is 0 Å². The summed E-state index contributed by atoms with van der Waals surface area (Å²) >= 11 is 0. The summed E-state index contributed by atoms with van der Waals surface area (Å²) in [5, 5.41) is 0. The molecule has 4 nitrogen and oxygen atoms in total. The first kappa shape index (κ1) is 17.1. The monoisotopic (exact) mass is 337 g/mol. The van der Waals surface area contributed by atoms with Crippen molar-refractivity contribution in [3.05, 3.63) is 24.3 Å². The number of rotatable bonds is 4. The summed E-state index contributed by atoms with van der Waals surface area (Å²) in [6, 6.07) is 5.02. The highest BCUT2D eigenvalue weighted by Crippen LogP contribution is 2.26. The first-order valence-corrected chi connectivity index (χ1v) is 8.42. The van der Waals surface area contributed by atoms with Crippen LogP contribution in [-0.2, 0) is 14.4 Å². The Labute approximate surface area is 128 Å². The molecule has 1 heterocycles. The molecule has 1 aromatic carbocycles. The van der Waals surface area contributed by atoms with Crippen LogP contribution in [-0.4, -0.2) is 47.1 Å². The van der Waals surface area contributed by atoms with E-state index in [1.54, 1.807) is 11.4 Å². The Morgan fingerprint density at radius 3 is 2.23 bits per heavy atom. The van der Waals surface area contributed by atoms with Crippen molar-refractivity contribution in [1.29, 1.82) is 0 Å². The zero-order chi connectivity index (χ0) is 16.4. The molecule has 0 aromatic heterocycles. The topological polar surface area (TPSA) is 38.8 Å². The van der Waals surface area contributed by atoms with Crippen molar-refractivity contribution in [2.75, 3.05) is 20.2 Å². The number of alkyl halides is 3. The van der Waals surface area contributed by atoms with E-state index >= 15 is 0 Å². The van der Waals surface area contributed by atoms with Gasteiger partial charge in [-0.2, -0.15) is 0 Å². The predicted molar refractivity (Wildman–Crippen MR) is 78.3 cm³/mol. The van der Waals surface area contributed by atoms with Crippen molar-refractivity contribution in [3.63, 3.8) is 0 Å². The molecule has 8 heteroatoms. The van der Waals surface area contributed by atoms with Gasteiger partial charge in [0.2, 0.25) is 0 Å². The second-order valence-corrected chi connectivity index (χ2v) is 7.29. The van der Waals surface area contributed by atoms with E-state index in [0.29, 0.717) is 18.0 Å². The molecule has 0 N–H and O–H groups in total. The number of hydrogen-bond donors (Lipinski definition) is 0. The molecule has 1 saturated heterocycles. The van der Waals surface area contributed by atoms with E-state index in [4.69, 9.17) is 4.74 Å². The number of methoxy groups -OCH3 is 1. The lowest BCUT2D eigenvalue weighted by atomic mass is 10.1. The zero-order valence-corrected chi connectivity index (χ0v) is 13.0.